The molecule has 15 heteroatoms. The fraction of sp³-hybridized carbons (Fsp3) is 0.694. The van der Waals surface area contributed by atoms with Crippen LogP contribution in [0.15, 0.2) is 35.1 Å². The number of unbranched alkanes of at least 4 members (excludes halogenated alkanes) is 11. The van der Waals surface area contributed by atoms with Gasteiger partial charge in [0.15, 0.2) is 11.6 Å². The first-order valence-corrected chi connectivity index (χ1v) is 32.9. The summed E-state index contributed by atoms with van der Waals surface area (Å²) in [5, 5.41) is 6.23. The number of aromatic nitrogens is 6. The van der Waals surface area contributed by atoms with Crippen LogP contribution in [0, 0.1) is 0 Å². The van der Waals surface area contributed by atoms with Crippen molar-refractivity contribution in [1.82, 2.24) is 39.1 Å². The Hall–Kier alpha value is -2.80. The van der Waals surface area contributed by atoms with E-state index in [1.807, 2.05) is 4.68 Å². The summed E-state index contributed by atoms with van der Waals surface area (Å²) in [6.45, 7) is 23.7. The predicted molar refractivity (Wildman–Crippen MR) is 272 cm³/mol. The molecular formula is C49H80BrN9O3Si2. The lowest BCUT2D eigenvalue weighted by atomic mass is 9.99. The van der Waals surface area contributed by atoms with Crippen molar-refractivity contribution in [3.8, 4) is 11.5 Å². The standard InChI is InChI=1S/C49H80BrN9O3Si2/c1-9-10-11-12-13-14-15-16-17-18-19-20-21-43(48(60)41-33-52-46(34-51-41)56-26-24-55(2)25-27-56)57-35-42-45(36-57)58(37-61-28-30-63(3,4)5)49(53-42)47-40-23-22-39(50)32-44(40)59(54-47)38-62-29-31-64(6,7)8/h22-23,32-34,43H,9-21,24-31,35-38H2,1-8H3. The highest BCUT2D eigenvalue weighted by Gasteiger charge is 2.36. The van der Waals surface area contributed by atoms with Crippen LogP contribution < -0.4 is 4.90 Å². The number of piperazine rings is 1. The molecule has 1 aromatic carbocycles. The summed E-state index contributed by atoms with van der Waals surface area (Å²) >= 11 is 3.71. The van der Waals surface area contributed by atoms with Crippen LogP contribution in [-0.4, -0.2) is 114 Å². The molecule has 354 valence electrons. The topological polar surface area (TPSA) is 107 Å². The van der Waals surface area contributed by atoms with Crippen molar-refractivity contribution < 1.29 is 14.3 Å². The van der Waals surface area contributed by atoms with E-state index in [1.54, 1.807) is 12.4 Å². The van der Waals surface area contributed by atoms with E-state index in [0.29, 0.717) is 38.9 Å². The van der Waals surface area contributed by atoms with Crippen molar-refractivity contribution in [2.45, 2.75) is 174 Å². The number of fused-ring (bicyclic) bond motifs is 2. The lowest BCUT2D eigenvalue weighted by Gasteiger charge is -2.33. The van der Waals surface area contributed by atoms with Crippen molar-refractivity contribution in [3.05, 3.63) is 52.1 Å². The number of hydrogen-bond acceptors (Lipinski definition) is 10. The Morgan fingerprint density at radius 1 is 0.781 bits per heavy atom. The van der Waals surface area contributed by atoms with E-state index in [4.69, 9.17) is 29.5 Å². The van der Waals surface area contributed by atoms with Gasteiger partial charge in [0.05, 0.1) is 35.3 Å². The summed E-state index contributed by atoms with van der Waals surface area (Å²) < 4.78 is 17.9. The van der Waals surface area contributed by atoms with Gasteiger partial charge in [-0.1, -0.05) is 139 Å². The van der Waals surface area contributed by atoms with Gasteiger partial charge in [-0.3, -0.25) is 9.69 Å². The molecule has 6 rings (SSSR count). The zero-order chi connectivity index (χ0) is 45.7. The zero-order valence-corrected chi connectivity index (χ0v) is 44.4. The minimum absolute atomic E-state index is 0.0493. The molecule has 1 saturated heterocycles. The molecule has 0 spiro atoms. The number of anilines is 1. The van der Waals surface area contributed by atoms with Gasteiger partial charge in [-0.05, 0) is 43.8 Å². The Bertz CT molecular complexity index is 2050. The third-order valence-corrected chi connectivity index (χ3v) is 16.9. The van der Waals surface area contributed by atoms with Gasteiger partial charge in [-0.15, -0.1) is 0 Å². The Morgan fingerprint density at radius 2 is 1.41 bits per heavy atom. The van der Waals surface area contributed by atoms with Crippen molar-refractivity contribution in [2.24, 2.45) is 0 Å². The molecule has 5 heterocycles. The average molecular weight is 979 g/mol. The number of halogens is 1. The van der Waals surface area contributed by atoms with Gasteiger partial charge >= 0.3 is 0 Å². The number of likely N-dealkylation sites (N-methyl/N-ethyl adjacent to an activating group) is 1. The van der Waals surface area contributed by atoms with Crippen LogP contribution in [0.5, 0.6) is 0 Å². The molecule has 0 saturated carbocycles. The molecular weight excluding hydrogens is 899 g/mol. The van der Waals surface area contributed by atoms with Gasteiger partial charge in [-0.25, -0.2) is 19.6 Å². The lowest BCUT2D eigenvalue weighted by Crippen LogP contribution is -2.45. The van der Waals surface area contributed by atoms with Crippen LogP contribution >= 0.6 is 15.9 Å². The first kappa shape index (κ1) is 50.6. The summed E-state index contributed by atoms with van der Waals surface area (Å²) in [5.74, 6) is 1.70. The van der Waals surface area contributed by atoms with Crippen LogP contribution in [0.3, 0.4) is 0 Å². The van der Waals surface area contributed by atoms with E-state index >= 15 is 0 Å². The van der Waals surface area contributed by atoms with Gasteiger partial charge in [-0.2, -0.15) is 5.10 Å². The van der Waals surface area contributed by atoms with Gasteiger partial charge in [0.1, 0.15) is 30.7 Å². The Morgan fingerprint density at radius 3 is 2.02 bits per heavy atom. The monoisotopic (exact) mass is 978 g/mol. The number of rotatable bonds is 28. The Labute approximate surface area is 395 Å². The number of benzene rings is 1. The molecule has 0 aliphatic carbocycles. The summed E-state index contributed by atoms with van der Waals surface area (Å²) in [7, 11) is -0.393. The molecule has 12 nitrogen and oxygen atoms in total. The fourth-order valence-electron chi connectivity index (χ4n) is 8.77. The molecule has 2 aliphatic rings. The van der Waals surface area contributed by atoms with E-state index in [-0.39, 0.29) is 11.8 Å². The van der Waals surface area contributed by atoms with E-state index in [1.165, 1.54) is 64.2 Å². The third-order valence-electron chi connectivity index (χ3n) is 13.0. The SMILES string of the molecule is CCCCCCCCCCCCCCC(C(=O)c1cnc(N2CCN(C)CC2)cn1)N1Cc2nc(-c3nn(COCC[Si](C)(C)C)c4cc(Br)ccc34)n(COCC[Si](C)(C)C)c2C1. The first-order valence-electron chi connectivity index (χ1n) is 24.6. The van der Waals surface area contributed by atoms with E-state index in [9.17, 15) is 4.79 Å². The normalized spacial score (nSPS) is 15.7. The van der Waals surface area contributed by atoms with Crippen LogP contribution in [0.4, 0.5) is 5.82 Å². The second-order valence-electron chi connectivity index (χ2n) is 21.0. The number of carbonyl (C=O) groups is 1. The van der Waals surface area contributed by atoms with Crippen molar-refractivity contribution in [3.63, 3.8) is 0 Å². The predicted octanol–water partition coefficient (Wildman–Crippen LogP) is 11.5. The minimum atomic E-state index is -1.31. The molecule has 0 radical (unpaired) electrons. The molecule has 1 unspecified atom stereocenters. The molecule has 64 heavy (non-hydrogen) atoms. The lowest BCUT2D eigenvalue weighted by molar-refractivity contribution is 0.0756. The number of Topliss-reactive ketones (excluding diaryl/α,β-unsaturated/α-hetero) is 1. The highest BCUT2D eigenvalue weighted by molar-refractivity contribution is 9.10. The van der Waals surface area contributed by atoms with E-state index in [2.05, 4.69) is 107 Å². The number of hydrogen-bond donors (Lipinski definition) is 0. The second-order valence-corrected chi connectivity index (χ2v) is 33.1. The van der Waals surface area contributed by atoms with Gasteiger partial charge in [0, 0.05) is 78.5 Å². The van der Waals surface area contributed by atoms with Crippen molar-refractivity contribution in [1.29, 1.82) is 0 Å². The minimum Gasteiger partial charge on any atom is -0.361 e. The van der Waals surface area contributed by atoms with Crippen LogP contribution in [0.1, 0.15) is 112 Å². The highest BCUT2D eigenvalue weighted by Crippen LogP contribution is 2.36. The molecule has 3 aromatic heterocycles. The van der Waals surface area contributed by atoms with Gasteiger partial charge in [0.2, 0.25) is 0 Å². The number of carbonyl (C=O) groups excluding carboxylic acids is 1. The number of ketones is 1. The molecule has 0 N–H and O–H groups in total. The summed E-state index contributed by atoms with van der Waals surface area (Å²) in [6.07, 6.45) is 19.7. The molecule has 0 bridgehead atoms. The quantitative estimate of drug-likeness (QED) is 0.0310. The molecule has 1 fully saturated rings. The van der Waals surface area contributed by atoms with Crippen molar-refractivity contribution in [2.75, 3.05) is 51.3 Å². The molecule has 1 atom stereocenters. The Kier molecular flexibility index (Phi) is 19.2. The number of imidazole rings is 1. The summed E-state index contributed by atoms with van der Waals surface area (Å²) in [4.78, 5) is 36.5. The maximum Gasteiger partial charge on any atom is 0.199 e. The molecule has 0 amide bonds. The second kappa shape index (κ2) is 24.3. The zero-order valence-electron chi connectivity index (χ0n) is 40.8. The summed E-state index contributed by atoms with van der Waals surface area (Å²) in [6, 6.07) is 8.17. The van der Waals surface area contributed by atoms with Crippen LogP contribution in [-0.2, 0) is 36.0 Å². The fourth-order valence-corrected chi connectivity index (χ4v) is 10.6. The third kappa shape index (κ3) is 14.9. The maximum absolute atomic E-state index is 14.6. The largest absolute Gasteiger partial charge is 0.361 e. The van der Waals surface area contributed by atoms with Crippen molar-refractivity contribution >= 4 is 54.6 Å². The van der Waals surface area contributed by atoms with Gasteiger partial charge < -0.3 is 23.8 Å². The molecule has 4 aromatic rings. The molecule has 2 aliphatic heterocycles. The van der Waals surface area contributed by atoms with E-state index in [0.717, 1.165) is 108 Å². The van der Waals surface area contributed by atoms with E-state index < -0.39 is 16.1 Å². The Balaban J connectivity index is 1.21. The number of nitrogens with zero attached hydrogens (tertiary/aromatic N) is 9. The smallest absolute Gasteiger partial charge is 0.199 e. The van der Waals surface area contributed by atoms with Crippen LogP contribution in [0.25, 0.3) is 22.4 Å². The van der Waals surface area contributed by atoms with Gasteiger partial charge in [0.25, 0.3) is 0 Å². The maximum atomic E-state index is 14.6. The number of ether oxygens (including phenoxy) is 2. The average Bonchev–Trinajstić information content (AvgIpc) is 3.93. The highest BCUT2D eigenvalue weighted by atomic mass is 79.9. The van der Waals surface area contributed by atoms with Crippen LogP contribution in [0.2, 0.25) is 51.4 Å². The summed E-state index contributed by atoms with van der Waals surface area (Å²) in [5.41, 5.74) is 4.35. The first-order chi connectivity index (χ1) is 30.7.